The van der Waals surface area contributed by atoms with E-state index < -0.39 is 20.0 Å². The van der Waals surface area contributed by atoms with Gasteiger partial charge in [-0.05, 0) is 42.6 Å². The molecule has 3 rings (SSSR count). The molecule has 1 saturated heterocycles. The Hall–Kier alpha value is -2.15. The highest BCUT2D eigenvalue weighted by Crippen LogP contribution is 2.39. The average Bonchev–Trinajstić information content (AvgIpc) is 3.14. The zero-order valence-corrected chi connectivity index (χ0v) is 21.2. The summed E-state index contributed by atoms with van der Waals surface area (Å²) < 4.78 is 12.8. The third-order valence-electron chi connectivity index (χ3n) is 5.98. The van der Waals surface area contributed by atoms with Gasteiger partial charge in [-0.1, -0.05) is 81.4 Å². The molecular weight excluding hydrogens is 418 g/mol. The van der Waals surface area contributed by atoms with Crippen LogP contribution < -0.4 is 10.4 Å². The second-order valence-electron chi connectivity index (χ2n) is 10.6. The largest absolute Gasteiger partial charge is 0.444 e. The molecular formula is C26H37NO4Si. The minimum absolute atomic E-state index is 0.111. The van der Waals surface area contributed by atoms with Crippen molar-refractivity contribution in [2.75, 3.05) is 13.2 Å². The van der Waals surface area contributed by atoms with Crippen LogP contribution in [0.5, 0.6) is 0 Å². The summed E-state index contributed by atoms with van der Waals surface area (Å²) in [7, 11) is -2.73. The maximum Gasteiger partial charge on any atom is 0.410 e. The molecule has 1 fully saturated rings. The lowest BCUT2D eigenvalue weighted by Gasteiger charge is -2.44. The van der Waals surface area contributed by atoms with Crippen LogP contribution >= 0.6 is 0 Å². The molecule has 32 heavy (non-hydrogen) atoms. The van der Waals surface area contributed by atoms with E-state index in [1.165, 1.54) is 10.4 Å². The van der Waals surface area contributed by atoms with Gasteiger partial charge in [0.25, 0.3) is 8.32 Å². The lowest BCUT2D eigenvalue weighted by molar-refractivity contribution is 0.0164. The van der Waals surface area contributed by atoms with Crippen molar-refractivity contribution < 1.29 is 19.1 Å². The monoisotopic (exact) mass is 455 g/mol. The predicted octanol–water partition coefficient (Wildman–Crippen LogP) is 3.93. The van der Waals surface area contributed by atoms with Crippen molar-refractivity contribution in [1.82, 2.24) is 4.90 Å². The first-order chi connectivity index (χ1) is 15.0. The van der Waals surface area contributed by atoms with E-state index >= 15 is 0 Å². The van der Waals surface area contributed by atoms with Crippen molar-refractivity contribution in [2.24, 2.45) is 0 Å². The van der Waals surface area contributed by atoms with Gasteiger partial charge in [0.1, 0.15) is 5.60 Å². The Kier molecular flexibility index (Phi) is 7.17. The van der Waals surface area contributed by atoms with Crippen molar-refractivity contribution >= 4 is 24.8 Å². The van der Waals surface area contributed by atoms with Crippen LogP contribution in [-0.4, -0.2) is 55.3 Å². The van der Waals surface area contributed by atoms with Gasteiger partial charge in [-0.15, -0.1) is 0 Å². The Labute approximate surface area is 193 Å². The van der Waals surface area contributed by atoms with Crippen LogP contribution in [0.1, 0.15) is 48.0 Å². The highest BCUT2D eigenvalue weighted by atomic mass is 28.4. The van der Waals surface area contributed by atoms with Crippen molar-refractivity contribution in [1.29, 1.82) is 0 Å². The molecule has 0 aliphatic carbocycles. The van der Waals surface area contributed by atoms with E-state index in [1.807, 2.05) is 32.9 Å². The predicted molar refractivity (Wildman–Crippen MR) is 131 cm³/mol. The Morgan fingerprint density at radius 1 is 0.969 bits per heavy atom. The molecule has 1 heterocycles. The summed E-state index contributed by atoms with van der Waals surface area (Å²) in [5.41, 5.74) is -0.589. The van der Waals surface area contributed by atoms with E-state index in [4.69, 9.17) is 9.16 Å². The van der Waals surface area contributed by atoms with Crippen LogP contribution in [0.2, 0.25) is 5.04 Å². The maximum absolute atomic E-state index is 12.8. The number of hydrogen-bond donors (Lipinski definition) is 1. The number of ether oxygens (including phenoxy) is 1. The maximum atomic E-state index is 12.8. The first kappa shape index (κ1) is 24.5. The number of benzene rings is 2. The average molecular weight is 456 g/mol. The van der Waals surface area contributed by atoms with E-state index in [1.54, 1.807) is 4.90 Å². The summed E-state index contributed by atoms with van der Waals surface area (Å²) in [4.78, 5) is 14.5. The van der Waals surface area contributed by atoms with E-state index in [0.717, 1.165) is 0 Å². The molecule has 6 heteroatoms. The number of likely N-dealkylation sites (tertiary alicyclic amines) is 1. The minimum atomic E-state index is -2.73. The summed E-state index contributed by atoms with van der Waals surface area (Å²) in [6, 6.07) is 20.6. The van der Waals surface area contributed by atoms with E-state index in [9.17, 15) is 9.90 Å². The van der Waals surface area contributed by atoms with Gasteiger partial charge in [0, 0.05) is 6.54 Å². The van der Waals surface area contributed by atoms with Crippen LogP contribution in [0.3, 0.4) is 0 Å². The number of nitrogens with zero attached hydrogens (tertiary/aromatic N) is 1. The zero-order valence-electron chi connectivity index (χ0n) is 20.2. The van der Waals surface area contributed by atoms with Crippen molar-refractivity contribution in [3.8, 4) is 0 Å². The molecule has 0 unspecified atom stereocenters. The molecule has 174 valence electrons. The standard InChI is InChI=1S/C26H37NO4Si/c1-25(2,3)30-24(29)27-18-21(17-20(27)19-28)31-32(26(4,5)6,22-13-9-7-10-14-22)23-15-11-8-12-16-23/h7-16,20-21,28H,17-19H2,1-6H3/t20-,21-/m1/s1. The van der Waals surface area contributed by atoms with Crippen LogP contribution in [-0.2, 0) is 9.16 Å². The summed E-state index contributed by atoms with van der Waals surface area (Å²) in [5, 5.41) is 12.3. The second kappa shape index (κ2) is 9.38. The quantitative estimate of drug-likeness (QED) is 0.694. The fraction of sp³-hybridized carbons (Fsp3) is 0.500. The summed E-state index contributed by atoms with van der Waals surface area (Å²) in [6.07, 6.45) is -0.00340. The Morgan fingerprint density at radius 2 is 1.47 bits per heavy atom. The molecule has 0 spiro atoms. The molecule has 1 amide bonds. The van der Waals surface area contributed by atoms with Gasteiger partial charge in [-0.2, -0.15) is 0 Å². The number of aliphatic hydroxyl groups is 1. The number of carbonyl (C=O) groups is 1. The number of hydrogen-bond acceptors (Lipinski definition) is 4. The molecule has 0 radical (unpaired) electrons. The summed E-state index contributed by atoms with van der Waals surface area (Å²) in [5.74, 6) is 0. The number of aliphatic hydroxyl groups excluding tert-OH is 1. The van der Waals surface area contributed by atoms with Crippen LogP contribution in [0, 0.1) is 0 Å². The van der Waals surface area contributed by atoms with Crippen molar-refractivity contribution in [3.63, 3.8) is 0 Å². The summed E-state index contributed by atoms with van der Waals surface area (Å²) in [6.45, 7) is 12.6. The third kappa shape index (κ3) is 5.08. The second-order valence-corrected chi connectivity index (χ2v) is 14.9. The SMILES string of the molecule is CC(C)(C)OC(=O)N1C[C@H](O[Si](c2ccccc2)(c2ccccc2)C(C)(C)C)C[C@@H]1CO. The Balaban J connectivity index is 2.00. The molecule has 1 aliphatic heterocycles. The normalized spacial score (nSPS) is 19.8. The van der Waals surface area contributed by atoms with Crippen molar-refractivity contribution in [3.05, 3.63) is 60.7 Å². The van der Waals surface area contributed by atoms with E-state index in [0.29, 0.717) is 13.0 Å². The molecule has 2 atom stereocenters. The van der Waals surface area contributed by atoms with Gasteiger partial charge in [-0.3, -0.25) is 0 Å². The van der Waals surface area contributed by atoms with Gasteiger partial charge in [0.2, 0.25) is 0 Å². The number of amides is 1. The first-order valence-electron chi connectivity index (χ1n) is 11.4. The number of carbonyl (C=O) groups excluding carboxylic acids is 1. The third-order valence-corrected chi connectivity index (χ3v) is 11.1. The Bertz CT molecular complexity index is 850. The lowest BCUT2D eigenvalue weighted by atomic mass is 10.2. The van der Waals surface area contributed by atoms with E-state index in [-0.39, 0.29) is 23.8 Å². The van der Waals surface area contributed by atoms with Gasteiger partial charge in [0.15, 0.2) is 0 Å². The first-order valence-corrected chi connectivity index (χ1v) is 13.3. The van der Waals surface area contributed by atoms with E-state index in [2.05, 4.69) is 69.3 Å². The molecule has 0 saturated carbocycles. The van der Waals surface area contributed by atoms with Gasteiger partial charge in [-0.25, -0.2) is 4.79 Å². The minimum Gasteiger partial charge on any atom is -0.444 e. The van der Waals surface area contributed by atoms with Crippen LogP contribution in [0.15, 0.2) is 60.7 Å². The topological polar surface area (TPSA) is 59.0 Å². The molecule has 0 aromatic heterocycles. The van der Waals surface area contributed by atoms with Gasteiger partial charge >= 0.3 is 6.09 Å². The molecule has 1 N–H and O–H groups in total. The van der Waals surface area contributed by atoms with Crippen molar-refractivity contribution in [2.45, 2.75) is 70.7 Å². The number of rotatable bonds is 5. The summed E-state index contributed by atoms with van der Waals surface area (Å²) >= 11 is 0. The molecule has 2 aromatic carbocycles. The van der Waals surface area contributed by atoms with Gasteiger partial charge in [0.05, 0.1) is 18.8 Å². The zero-order chi connectivity index (χ0) is 23.6. The molecule has 1 aliphatic rings. The van der Waals surface area contributed by atoms with Crippen LogP contribution in [0.4, 0.5) is 4.79 Å². The Morgan fingerprint density at radius 3 is 1.88 bits per heavy atom. The molecule has 5 nitrogen and oxygen atoms in total. The van der Waals surface area contributed by atoms with Crippen LogP contribution in [0.25, 0.3) is 0 Å². The fourth-order valence-corrected chi connectivity index (χ4v) is 9.30. The fourth-order valence-electron chi connectivity index (χ4n) is 4.62. The smallest absolute Gasteiger partial charge is 0.410 e. The molecule has 2 aromatic rings. The van der Waals surface area contributed by atoms with Gasteiger partial charge < -0.3 is 19.2 Å². The lowest BCUT2D eigenvalue weighted by Crippen LogP contribution is -2.67. The highest BCUT2D eigenvalue weighted by Gasteiger charge is 2.53. The molecule has 0 bridgehead atoms. The highest BCUT2D eigenvalue weighted by molar-refractivity contribution is 6.99.